The Hall–Kier alpha value is -1.07. The topological polar surface area (TPSA) is 59.0 Å². The van der Waals surface area contributed by atoms with Crippen LogP contribution in [0, 0.1) is 5.41 Å². The Balaban J connectivity index is 0.00000324. The van der Waals surface area contributed by atoms with Crippen LogP contribution in [0.15, 0.2) is 12.4 Å². The van der Waals surface area contributed by atoms with Crippen LogP contribution in [0.3, 0.4) is 0 Å². The van der Waals surface area contributed by atoms with Gasteiger partial charge in [-0.1, -0.05) is 20.8 Å². The standard InChI is InChI=1S/C13H24N4O.ClH/c1-13(2,3)6-7-15-12(18)11(14-4)10-8-16-17(5)9-10;/h8-9,11,14H,6-7H2,1-5H3,(H,15,18);1H. The average molecular weight is 289 g/mol. The minimum absolute atomic E-state index is 0. The maximum atomic E-state index is 12.1. The minimum atomic E-state index is -0.335. The van der Waals surface area contributed by atoms with Crippen LogP contribution in [0.2, 0.25) is 0 Å². The molecule has 6 heteroatoms. The first-order chi connectivity index (χ1) is 8.33. The molecule has 0 radical (unpaired) electrons. The first-order valence-electron chi connectivity index (χ1n) is 6.27. The Morgan fingerprint density at radius 1 is 1.47 bits per heavy atom. The van der Waals surface area contributed by atoms with Gasteiger partial charge >= 0.3 is 0 Å². The zero-order valence-electron chi connectivity index (χ0n) is 12.4. The fraction of sp³-hybridized carbons (Fsp3) is 0.692. The van der Waals surface area contributed by atoms with Crippen molar-refractivity contribution in [1.29, 1.82) is 0 Å². The second kappa shape index (κ2) is 7.50. The zero-order valence-corrected chi connectivity index (χ0v) is 13.2. The Labute approximate surface area is 121 Å². The van der Waals surface area contributed by atoms with Crippen molar-refractivity contribution >= 4 is 18.3 Å². The number of nitrogens with zero attached hydrogens (tertiary/aromatic N) is 2. The first-order valence-corrected chi connectivity index (χ1v) is 6.27. The molecule has 0 spiro atoms. The second-order valence-electron chi connectivity index (χ2n) is 5.77. The molecule has 1 aromatic rings. The molecule has 5 nitrogen and oxygen atoms in total. The summed E-state index contributed by atoms with van der Waals surface area (Å²) in [5, 5.41) is 10.1. The molecule has 1 aromatic heterocycles. The van der Waals surface area contributed by atoms with Crippen molar-refractivity contribution in [3.63, 3.8) is 0 Å². The van der Waals surface area contributed by atoms with Crippen molar-refractivity contribution in [1.82, 2.24) is 20.4 Å². The molecule has 110 valence electrons. The van der Waals surface area contributed by atoms with Gasteiger partial charge in [-0.25, -0.2) is 0 Å². The van der Waals surface area contributed by atoms with Crippen LogP contribution >= 0.6 is 12.4 Å². The van der Waals surface area contributed by atoms with Gasteiger partial charge in [-0.05, 0) is 18.9 Å². The highest BCUT2D eigenvalue weighted by atomic mass is 35.5. The lowest BCUT2D eigenvalue weighted by molar-refractivity contribution is -0.123. The molecule has 1 unspecified atom stereocenters. The summed E-state index contributed by atoms with van der Waals surface area (Å²) >= 11 is 0. The molecule has 0 aromatic carbocycles. The van der Waals surface area contributed by atoms with E-state index in [4.69, 9.17) is 0 Å². The molecular formula is C13H25ClN4O. The highest BCUT2D eigenvalue weighted by Crippen LogP contribution is 2.17. The zero-order chi connectivity index (χ0) is 13.8. The summed E-state index contributed by atoms with van der Waals surface area (Å²) in [6.07, 6.45) is 4.53. The third-order valence-electron chi connectivity index (χ3n) is 2.78. The van der Waals surface area contributed by atoms with Crippen LogP contribution < -0.4 is 10.6 Å². The van der Waals surface area contributed by atoms with Crippen LogP contribution in [0.4, 0.5) is 0 Å². The number of carbonyl (C=O) groups is 1. The molecule has 1 heterocycles. The van der Waals surface area contributed by atoms with Gasteiger partial charge < -0.3 is 10.6 Å². The van der Waals surface area contributed by atoms with Gasteiger partial charge in [0.15, 0.2) is 0 Å². The smallest absolute Gasteiger partial charge is 0.241 e. The Morgan fingerprint density at radius 3 is 2.53 bits per heavy atom. The maximum absolute atomic E-state index is 12.1. The largest absolute Gasteiger partial charge is 0.354 e. The van der Waals surface area contributed by atoms with Crippen molar-refractivity contribution in [2.24, 2.45) is 12.5 Å². The number of hydrogen-bond donors (Lipinski definition) is 2. The SMILES string of the molecule is CNC(C(=O)NCCC(C)(C)C)c1cnn(C)c1.Cl. The van der Waals surface area contributed by atoms with Crippen LogP contribution in [0.25, 0.3) is 0 Å². The van der Waals surface area contributed by atoms with E-state index in [2.05, 4.69) is 36.5 Å². The van der Waals surface area contributed by atoms with Gasteiger partial charge in [0.05, 0.1) is 6.20 Å². The molecule has 0 saturated carbocycles. The predicted octanol–water partition coefficient (Wildman–Crippen LogP) is 1.65. The third kappa shape index (κ3) is 6.07. The van der Waals surface area contributed by atoms with Crippen LogP contribution in [-0.2, 0) is 11.8 Å². The van der Waals surface area contributed by atoms with E-state index >= 15 is 0 Å². The number of amides is 1. The number of aromatic nitrogens is 2. The van der Waals surface area contributed by atoms with Gasteiger partial charge in [0.1, 0.15) is 6.04 Å². The van der Waals surface area contributed by atoms with Gasteiger partial charge in [-0.3, -0.25) is 9.48 Å². The average Bonchev–Trinajstić information content (AvgIpc) is 2.64. The Bertz CT molecular complexity index is 398. The van der Waals surface area contributed by atoms with Crippen molar-refractivity contribution in [3.05, 3.63) is 18.0 Å². The van der Waals surface area contributed by atoms with Crippen LogP contribution in [0.5, 0.6) is 0 Å². The lowest BCUT2D eigenvalue weighted by Gasteiger charge is -2.20. The Kier molecular flexibility index (Phi) is 7.08. The van der Waals surface area contributed by atoms with Gasteiger partial charge in [0.25, 0.3) is 0 Å². The summed E-state index contributed by atoms with van der Waals surface area (Å²) in [6, 6.07) is -0.335. The highest BCUT2D eigenvalue weighted by Gasteiger charge is 2.20. The number of carbonyl (C=O) groups excluding carboxylic acids is 1. The second-order valence-corrected chi connectivity index (χ2v) is 5.77. The van der Waals surface area contributed by atoms with E-state index < -0.39 is 0 Å². The number of hydrogen-bond acceptors (Lipinski definition) is 3. The first kappa shape index (κ1) is 17.9. The summed E-state index contributed by atoms with van der Waals surface area (Å²) in [5.74, 6) is -0.00486. The van der Waals surface area contributed by atoms with E-state index in [-0.39, 0.29) is 29.8 Å². The monoisotopic (exact) mass is 288 g/mol. The third-order valence-corrected chi connectivity index (χ3v) is 2.78. The number of halogens is 1. The molecule has 0 saturated heterocycles. The summed E-state index contributed by atoms with van der Waals surface area (Å²) in [6.45, 7) is 7.18. The molecule has 1 rings (SSSR count). The summed E-state index contributed by atoms with van der Waals surface area (Å²) in [5.41, 5.74) is 1.12. The number of rotatable bonds is 5. The van der Waals surface area contributed by atoms with E-state index in [9.17, 15) is 4.79 Å². The van der Waals surface area contributed by atoms with Crippen LogP contribution in [-0.4, -0.2) is 29.3 Å². The molecule has 1 amide bonds. The van der Waals surface area contributed by atoms with E-state index in [1.807, 2.05) is 13.2 Å². The normalized spacial score (nSPS) is 12.7. The lowest BCUT2D eigenvalue weighted by atomic mass is 9.92. The molecule has 19 heavy (non-hydrogen) atoms. The fourth-order valence-corrected chi connectivity index (χ4v) is 1.70. The molecular weight excluding hydrogens is 264 g/mol. The Morgan fingerprint density at radius 2 is 2.11 bits per heavy atom. The number of nitrogens with one attached hydrogen (secondary N) is 2. The molecule has 0 fully saturated rings. The van der Waals surface area contributed by atoms with E-state index in [0.29, 0.717) is 6.54 Å². The van der Waals surface area contributed by atoms with E-state index in [1.54, 1.807) is 17.9 Å². The molecule has 2 N–H and O–H groups in total. The number of likely N-dealkylation sites (N-methyl/N-ethyl adjacent to an activating group) is 1. The summed E-state index contributed by atoms with van der Waals surface area (Å²) in [7, 11) is 3.62. The predicted molar refractivity (Wildman–Crippen MR) is 79.3 cm³/mol. The van der Waals surface area contributed by atoms with Crippen molar-refractivity contribution in [3.8, 4) is 0 Å². The molecule has 0 aliphatic carbocycles. The van der Waals surface area contributed by atoms with Crippen molar-refractivity contribution in [2.45, 2.75) is 33.2 Å². The molecule has 0 aliphatic rings. The van der Waals surface area contributed by atoms with Gasteiger partial charge in [0, 0.05) is 25.4 Å². The molecule has 0 bridgehead atoms. The van der Waals surface area contributed by atoms with Crippen LogP contribution in [0.1, 0.15) is 38.8 Å². The quantitative estimate of drug-likeness (QED) is 0.866. The lowest BCUT2D eigenvalue weighted by Crippen LogP contribution is -2.37. The van der Waals surface area contributed by atoms with Crippen molar-refractivity contribution in [2.75, 3.05) is 13.6 Å². The number of aryl methyl sites for hydroxylation is 1. The minimum Gasteiger partial charge on any atom is -0.354 e. The van der Waals surface area contributed by atoms with Gasteiger partial charge in [-0.15, -0.1) is 12.4 Å². The van der Waals surface area contributed by atoms with Crippen molar-refractivity contribution < 1.29 is 4.79 Å². The molecule has 1 atom stereocenters. The van der Waals surface area contributed by atoms with E-state index in [0.717, 1.165) is 12.0 Å². The molecule has 0 aliphatic heterocycles. The van der Waals surface area contributed by atoms with Gasteiger partial charge in [0.2, 0.25) is 5.91 Å². The van der Waals surface area contributed by atoms with E-state index in [1.165, 1.54) is 0 Å². The maximum Gasteiger partial charge on any atom is 0.241 e. The highest BCUT2D eigenvalue weighted by molar-refractivity contribution is 5.85. The van der Waals surface area contributed by atoms with Gasteiger partial charge in [-0.2, -0.15) is 5.10 Å². The summed E-state index contributed by atoms with van der Waals surface area (Å²) < 4.78 is 1.70. The fourth-order valence-electron chi connectivity index (χ4n) is 1.70. The summed E-state index contributed by atoms with van der Waals surface area (Å²) in [4.78, 5) is 12.1.